The lowest BCUT2D eigenvalue weighted by molar-refractivity contribution is -0.131. The third kappa shape index (κ3) is 6.03. The highest BCUT2D eigenvalue weighted by molar-refractivity contribution is 6.05. The van der Waals surface area contributed by atoms with Gasteiger partial charge in [-0.2, -0.15) is 0 Å². The number of carboxylic acids is 1. The van der Waals surface area contributed by atoms with Crippen molar-refractivity contribution in [2.45, 2.75) is 70.9 Å². The molecule has 8 nitrogen and oxygen atoms in total. The van der Waals surface area contributed by atoms with Gasteiger partial charge in [-0.15, -0.1) is 0 Å². The molecule has 1 fully saturated rings. The van der Waals surface area contributed by atoms with Gasteiger partial charge in [0.25, 0.3) is 5.91 Å². The average molecular weight is 568 g/mol. The number of carbonyl (C=O) groups excluding carboxylic acids is 2. The molecule has 2 amide bonds. The van der Waals surface area contributed by atoms with E-state index in [0.717, 1.165) is 47.6 Å². The Balaban J connectivity index is 1.39. The Labute approximate surface area is 245 Å². The molecule has 4 aromatic rings. The van der Waals surface area contributed by atoms with Crippen LogP contribution in [0.25, 0.3) is 28.2 Å². The summed E-state index contributed by atoms with van der Waals surface area (Å²) in [5.74, 6) is -1.28. The Hall–Kier alpha value is -4.59. The van der Waals surface area contributed by atoms with Crippen molar-refractivity contribution in [2.24, 2.45) is 0 Å². The SMILES string of the molecule is CCn1c(-c2ccoc2)c(C2CCCCC2)c2ccc(C(=O)NC(C)(C)C(=O)Nc3ccc(/C=C/C(=O)O)cc3)cc21. The van der Waals surface area contributed by atoms with E-state index in [-0.39, 0.29) is 11.8 Å². The first kappa shape index (κ1) is 28.9. The van der Waals surface area contributed by atoms with Crippen molar-refractivity contribution in [3.63, 3.8) is 0 Å². The van der Waals surface area contributed by atoms with Crippen LogP contribution in [0.15, 0.2) is 71.6 Å². The van der Waals surface area contributed by atoms with Gasteiger partial charge in [-0.25, -0.2) is 4.79 Å². The molecule has 218 valence electrons. The third-order valence-corrected chi connectivity index (χ3v) is 8.07. The Kier molecular flexibility index (Phi) is 8.34. The first-order valence-electron chi connectivity index (χ1n) is 14.5. The number of anilines is 1. The number of benzene rings is 2. The molecule has 0 aliphatic heterocycles. The van der Waals surface area contributed by atoms with Crippen molar-refractivity contribution in [3.05, 3.63) is 83.8 Å². The second kappa shape index (κ2) is 12.1. The van der Waals surface area contributed by atoms with Crippen molar-refractivity contribution in [1.29, 1.82) is 0 Å². The molecule has 3 N–H and O–H groups in total. The van der Waals surface area contributed by atoms with Gasteiger partial charge in [0.1, 0.15) is 5.54 Å². The predicted molar refractivity (Wildman–Crippen MR) is 164 cm³/mol. The monoisotopic (exact) mass is 567 g/mol. The molecule has 0 unspecified atom stereocenters. The maximum absolute atomic E-state index is 13.5. The number of amides is 2. The molecule has 2 aromatic carbocycles. The van der Waals surface area contributed by atoms with E-state index in [1.807, 2.05) is 18.2 Å². The number of fused-ring (bicyclic) bond motifs is 1. The van der Waals surface area contributed by atoms with E-state index in [1.54, 1.807) is 50.6 Å². The molecule has 1 saturated carbocycles. The molecular weight excluding hydrogens is 530 g/mol. The van der Waals surface area contributed by atoms with Gasteiger partial charge in [-0.3, -0.25) is 9.59 Å². The predicted octanol–water partition coefficient (Wildman–Crippen LogP) is 7.21. The molecule has 0 bridgehead atoms. The van der Waals surface area contributed by atoms with E-state index >= 15 is 0 Å². The second-order valence-electron chi connectivity index (χ2n) is 11.4. The van der Waals surface area contributed by atoms with Gasteiger partial charge >= 0.3 is 5.97 Å². The summed E-state index contributed by atoms with van der Waals surface area (Å²) < 4.78 is 7.75. The number of carboxylic acid groups (broad SMARTS) is 1. The summed E-state index contributed by atoms with van der Waals surface area (Å²) >= 11 is 0. The van der Waals surface area contributed by atoms with E-state index in [4.69, 9.17) is 9.52 Å². The summed E-state index contributed by atoms with van der Waals surface area (Å²) in [4.78, 5) is 37.4. The number of hydrogen-bond donors (Lipinski definition) is 3. The highest BCUT2D eigenvalue weighted by atomic mass is 16.4. The van der Waals surface area contributed by atoms with Crippen LogP contribution < -0.4 is 10.6 Å². The maximum Gasteiger partial charge on any atom is 0.328 e. The van der Waals surface area contributed by atoms with Crippen LogP contribution in [-0.4, -0.2) is 33.0 Å². The lowest BCUT2D eigenvalue weighted by Gasteiger charge is -2.25. The lowest BCUT2D eigenvalue weighted by atomic mass is 9.82. The lowest BCUT2D eigenvalue weighted by Crippen LogP contribution is -2.52. The van der Waals surface area contributed by atoms with Crippen LogP contribution in [0.4, 0.5) is 5.69 Å². The number of nitrogens with one attached hydrogen (secondary N) is 2. The number of aliphatic carboxylic acids is 1. The van der Waals surface area contributed by atoms with Crippen molar-refractivity contribution in [3.8, 4) is 11.3 Å². The fourth-order valence-corrected chi connectivity index (χ4v) is 5.91. The summed E-state index contributed by atoms with van der Waals surface area (Å²) in [5.41, 5.74) is 5.06. The van der Waals surface area contributed by atoms with Crippen molar-refractivity contribution < 1.29 is 23.9 Å². The molecule has 5 rings (SSSR count). The quantitative estimate of drug-likeness (QED) is 0.185. The fraction of sp³-hybridized carbons (Fsp3) is 0.324. The van der Waals surface area contributed by atoms with Gasteiger partial charge in [0.2, 0.25) is 5.91 Å². The largest absolute Gasteiger partial charge is 0.478 e. The van der Waals surface area contributed by atoms with Gasteiger partial charge < -0.3 is 24.7 Å². The van der Waals surface area contributed by atoms with E-state index in [2.05, 4.69) is 28.2 Å². The fourth-order valence-electron chi connectivity index (χ4n) is 5.91. The van der Waals surface area contributed by atoms with Crippen LogP contribution in [0.5, 0.6) is 0 Å². The van der Waals surface area contributed by atoms with Crippen LogP contribution in [0.2, 0.25) is 0 Å². The Bertz CT molecular complexity index is 1620. The number of aryl methyl sites for hydroxylation is 1. The number of aromatic nitrogens is 1. The molecule has 0 spiro atoms. The number of rotatable bonds is 9. The van der Waals surface area contributed by atoms with E-state index in [0.29, 0.717) is 22.7 Å². The molecule has 2 aromatic heterocycles. The third-order valence-electron chi connectivity index (χ3n) is 8.07. The standard InChI is InChI=1S/C34H37N3O5/c1-4-37-28-20-24(13-16-27(28)30(23-8-6-5-7-9-23)31(37)25-18-19-42-21-25)32(40)36-34(2,3)33(41)35-26-14-10-22(11-15-26)12-17-29(38)39/h10-21,23H,4-9H2,1-3H3,(H,35,41)(H,36,40)(H,38,39)/b17-12+. The zero-order valence-electron chi connectivity index (χ0n) is 24.3. The minimum absolute atomic E-state index is 0.334. The first-order chi connectivity index (χ1) is 20.2. The van der Waals surface area contributed by atoms with Gasteiger partial charge in [0.05, 0.1) is 18.2 Å². The molecule has 0 saturated heterocycles. The zero-order chi connectivity index (χ0) is 29.9. The summed E-state index contributed by atoms with van der Waals surface area (Å²) in [6.07, 6.45) is 12.0. The van der Waals surface area contributed by atoms with E-state index in [1.165, 1.54) is 30.9 Å². The number of furan rings is 1. The summed E-state index contributed by atoms with van der Waals surface area (Å²) in [5, 5.41) is 15.7. The number of nitrogens with zero attached hydrogens (tertiary/aromatic N) is 1. The van der Waals surface area contributed by atoms with Gasteiger partial charge in [0.15, 0.2) is 0 Å². The molecular formula is C34H37N3O5. The van der Waals surface area contributed by atoms with Crippen LogP contribution in [0.1, 0.15) is 80.3 Å². The molecule has 1 aliphatic carbocycles. The van der Waals surface area contributed by atoms with Crippen LogP contribution in [0.3, 0.4) is 0 Å². The Morgan fingerprint density at radius 1 is 1.05 bits per heavy atom. The zero-order valence-corrected chi connectivity index (χ0v) is 24.3. The minimum atomic E-state index is -1.20. The van der Waals surface area contributed by atoms with Crippen LogP contribution in [0, 0.1) is 0 Å². The van der Waals surface area contributed by atoms with Gasteiger partial charge in [-0.05, 0) is 87.1 Å². The summed E-state index contributed by atoms with van der Waals surface area (Å²) in [7, 11) is 0. The normalized spacial score (nSPS) is 14.4. The first-order valence-corrected chi connectivity index (χ1v) is 14.5. The van der Waals surface area contributed by atoms with Crippen molar-refractivity contribution in [2.75, 3.05) is 5.32 Å². The van der Waals surface area contributed by atoms with Crippen molar-refractivity contribution >= 4 is 40.4 Å². The second-order valence-corrected chi connectivity index (χ2v) is 11.4. The topological polar surface area (TPSA) is 114 Å². The Morgan fingerprint density at radius 2 is 1.79 bits per heavy atom. The van der Waals surface area contributed by atoms with Gasteiger partial charge in [-0.1, -0.05) is 37.5 Å². The molecule has 0 radical (unpaired) electrons. The molecule has 0 atom stereocenters. The average Bonchev–Trinajstić information content (AvgIpc) is 3.62. The van der Waals surface area contributed by atoms with E-state index < -0.39 is 11.5 Å². The Morgan fingerprint density at radius 3 is 2.43 bits per heavy atom. The maximum atomic E-state index is 13.5. The van der Waals surface area contributed by atoms with Gasteiger partial charge in [0, 0.05) is 40.3 Å². The smallest absolute Gasteiger partial charge is 0.328 e. The highest BCUT2D eigenvalue weighted by Gasteiger charge is 2.31. The molecule has 42 heavy (non-hydrogen) atoms. The number of carbonyl (C=O) groups is 3. The molecule has 1 aliphatic rings. The van der Waals surface area contributed by atoms with Crippen molar-refractivity contribution in [1.82, 2.24) is 9.88 Å². The summed E-state index contributed by atoms with van der Waals surface area (Å²) in [6.45, 7) is 6.18. The summed E-state index contributed by atoms with van der Waals surface area (Å²) in [6, 6.07) is 14.6. The molecule has 2 heterocycles. The highest BCUT2D eigenvalue weighted by Crippen LogP contribution is 2.44. The van der Waals surface area contributed by atoms with Crippen LogP contribution >= 0.6 is 0 Å². The number of hydrogen-bond acceptors (Lipinski definition) is 4. The minimum Gasteiger partial charge on any atom is -0.478 e. The molecule has 8 heteroatoms. The van der Waals surface area contributed by atoms with E-state index in [9.17, 15) is 14.4 Å². The van der Waals surface area contributed by atoms with Crippen LogP contribution in [-0.2, 0) is 16.1 Å².